The highest BCUT2D eigenvalue weighted by atomic mass is 32.2. The van der Waals surface area contributed by atoms with E-state index in [2.05, 4.69) is 10.2 Å². The van der Waals surface area contributed by atoms with Crippen molar-refractivity contribution >= 4 is 17.7 Å². The molecule has 2 rings (SSSR count). The van der Waals surface area contributed by atoms with Gasteiger partial charge in [-0.3, -0.25) is 0 Å². The Hall–Kier alpha value is -2.02. The largest absolute Gasteiger partial charge is 0.493 e. The molecule has 0 aliphatic rings. The zero-order valence-corrected chi connectivity index (χ0v) is 11.7. The maximum absolute atomic E-state index is 10.7. The molecule has 0 radical (unpaired) electrons. The third-order valence-electron chi connectivity index (χ3n) is 2.43. The van der Waals surface area contributed by atoms with Gasteiger partial charge in [0.05, 0.1) is 12.2 Å². The Morgan fingerprint density at radius 1 is 1.35 bits per heavy atom. The maximum atomic E-state index is 10.7. The van der Waals surface area contributed by atoms with Gasteiger partial charge in [0.25, 0.3) is 5.22 Å². The third kappa shape index (κ3) is 3.99. The topological polar surface area (TPSA) is 85.5 Å². The van der Waals surface area contributed by atoms with Crippen LogP contribution < -0.4 is 4.74 Å². The third-order valence-corrected chi connectivity index (χ3v) is 3.21. The van der Waals surface area contributed by atoms with E-state index in [1.54, 1.807) is 12.1 Å². The Bertz CT molecular complexity index is 568. The summed E-state index contributed by atoms with van der Waals surface area (Å²) in [6.45, 7) is 2.42. The summed E-state index contributed by atoms with van der Waals surface area (Å²) in [5, 5.41) is 17.1. The van der Waals surface area contributed by atoms with Gasteiger partial charge in [-0.05, 0) is 24.3 Å². The van der Waals surface area contributed by atoms with Crippen LogP contribution in [0.2, 0.25) is 0 Å². The maximum Gasteiger partial charge on any atom is 0.335 e. The lowest BCUT2D eigenvalue weighted by Crippen LogP contribution is -2.01. The van der Waals surface area contributed by atoms with Crippen LogP contribution >= 0.6 is 11.8 Å². The number of hydrogen-bond acceptors (Lipinski definition) is 6. The molecule has 106 valence electrons. The van der Waals surface area contributed by atoms with Crippen LogP contribution in [0.15, 0.2) is 33.9 Å². The van der Waals surface area contributed by atoms with Crippen molar-refractivity contribution in [3.8, 4) is 5.75 Å². The minimum Gasteiger partial charge on any atom is -0.493 e. The second-order valence-corrected chi connectivity index (χ2v) is 4.89. The van der Waals surface area contributed by atoms with Crippen LogP contribution in [0.5, 0.6) is 5.75 Å². The molecule has 0 saturated heterocycles. The summed E-state index contributed by atoms with van der Waals surface area (Å²) in [6.07, 6.45) is 0.722. The van der Waals surface area contributed by atoms with Crippen molar-refractivity contribution in [3.05, 3.63) is 35.7 Å². The average Bonchev–Trinajstić information content (AvgIpc) is 2.92. The van der Waals surface area contributed by atoms with Crippen LogP contribution in [-0.4, -0.2) is 33.6 Å². The Balaban J connectivity index is 1.74. The number of thioether (sulfide) groups is 1. The second kappa shape index (κ2) is 6.95. The first-order valence-corrected chi connectivity index (χ1v) is 7.09. The standard InChI is InChI=1S/C13H14N2O4S/c1-2-11-14-15-13(19-11)20-8-7-18-10-5-3-9(4-6-10)12(16)17/h3-6H,2,7-8H2,1H3,(H,16,17). The Morgan fingerprint density at radius 3 is 2.70 bits per heavy atom. The molecule has 6 nitrogen and oxygen atoms in total. The molecule has 0 saturated carbocycles. The Morgan fingerprint density at radius 2 is 2.10 bits per heavy atom. The predicted octanol–water partition coefficient (Wildman–Crippen LogP) is 2.50. The fourth-order valence-electron chi connectivity index (χ4n) is 1.42. The van der Waals surface area contributed by atoms with Crippen molar-refractivity contribution in [1.29, 1.82) is 0 Å². The highest BCUT2D eigenvalue weighted by Crippen LogP contribution is 2.17. The number of carboxylic acids is 1. The van der Waals surface area contributed by atoms with E-state index in [9.17, 15) is 4.79 Å². The number of nitrogens with zero attached hydrogens (tertiary/aromatic N) is 2. The number of rotatable bonds is 7. The van der Waals surface area contributed by atoms with Gasteiger partial charge in [-0.25, -0.2) is 4.79 Å². The van der Waals surface area contributed by atoms with Gasteiger partial charge in [-0.1, -0.05) is 18.7 Å². The van der Waals surface area contributed by atoms with Gasteiger partial charge in [0.2, 0.25) is 5.89 Å². The summed E-state index contributed by atoms with van der Waals surface area (Å²) in [4.78, 5) is 10.7. The first-order valence-electron chi connectivity index (χ1n) is 6.10. The molecule has 7 heteroatoms. The lowest BCUT2D eigenvalue weighted by molar-refractivity contribution is 0.0697. The number of ether oxygens (including phenoxy) is 1. The zero-order chi connectivity index (χ0) is 14.4. The monoisotopic (exact) mass is 294 g/mol. The van der Waals surface area contributed by atoms with Crippen molar-refractivity contribution in [2.45, 2.75) is 18.6 Å². The Labute approximate surface area is 120 Å². The Kier molecular flexibility index (Phi) is 5.00. The molecule has 1 heterocycles. The van der Waals surface area contributed by atoms with Gasteiger partial charge in [0.15, 0.2) is 0 Å². The highest BCUT2D eigenvalue weighted by molar-refractivity contribution is 7.99. The molecule has 0 fully saturated rings. The molecule has 0 atom stereocenters. The molecule has 0 bridgehead atoms. The SMILES string of the molecule is CCc1nnc(SCCOc2ccc(C(=O)O)cc2)o1. The first-order chi connectivity index (χ1) is 9.69. The number of carboxylic acid groups (broad SMARTS) is 1. The summed E-state index contributed by atoms with van der Waals surface area (Å²) < 4.78 is 10.8. The number of aromatic nitrogens is 2. The minimum atomic E-state index is -0.949. The molecule has 0 spiro atoms. The first kappa shape index (κ1) is 14.4. The lowest BCUT2D eigenvalue weighted by atomic mass is 10.2. The van der Waals surface area contributed by atoms with E-state index in [0.29, 0.717) is 29.2 Å². The molecule has 20 heavy (non-hydrogen) atoms. The molecule has 1 aromatic heterocycles. The number of hydrogen-bond donors (Lipinski definition) is 1. The lowest BCUT2D eigenvalue weighted by Gasteiger charge is -2.04. The van der Waals surface area contributed by atoms with Gasteiger partial charge in [-0.2, -0.15) is 0 Å². The smallest absolute Gasteiger partial charge is 0.335 e. The van der Waals surface area contributed by atoms with Crippen molar-refractivity contribution < 1.29 is 19.1 Å². The summed E-state index contributed by atoms with van der Waals surface area (Å²) in [5.41, 5.74) is 0.240. The van der Waals surface area contributed by atoms with E-state index < -0.39 is 5.97 Å². The molecule has 0 aliphatic heterocycles. The van der Waals surface area contributed by atoms with Crippen molar-refractivity contribution in [3.63, 3.8) is 0 Å². The molecule has 0 amide bonds. The number of carbonyl (C=O) groups is 1. The van der Waals surface area contributed by atoms with Gasteiger partial charge in [0.1, 0.15) is 5.75 Å². The van der Waals surface area contributed by atoms with E-state index in [1.807, 2.05) is 6.92 Å². The molecule has 0 unspecified atom stereocenters. The van der Waals surface area contributed by atoms with E-state index in [4.69, 9.17) is 14.3 Å². The predicted molar refractivity (Wildman–Crippen MR) is 73.3 cm³/mol. The van der Waals surface area contributed by atoms with Crippen LogP contribution in [0.25, 0.3) is 0 Å². The van der Waals surface area contributed by atoms with E-state index in [-0.39, 0.29) is 5.56 Å². The van der Waals surface area contributed by atoms with E-state index in [1.165, 1.54) is 23.9 Å². The van der Waals surface area contributed by atoms with Crippen molar-refractivity contribution in [2.24, 2.45) is 0 Å². The molecule has 1 N–H and O–H groups in total. The average molecular weight is 294 g/mol. The fourth-order valence-corrected chi connectivity index (χ4v) is 2.02. The number of aromatic carboxylic acids is 1. The molecule has 1 aromatic carbocycles. The summed E-state index contributed by atoms with van der Waals surface area (Å²) in [6, 6.07) is 6.29. The molecular formula is C13H14N2O4S. The summed E-state index contributed by atoms with van der Waals surface area (Å²) in [7, 11) is 0. The minimum absolute atomic E-state index is 0.240. The van der Waals surface area contributed by atoms with Gasteiger partial charge in [0, 0.05) is 12.2 Å². The summed E-state index contributed by atoms with van der Waals surface area (Å²) in [5.74, 6) is 0.981. The molecule has 2 aromatic rings. The number of aryl methyl sites for hydroxylation is 1. The summed E-state index contributed by atoms with van der Waals surface area (Å²) >= 11 is 1.42. The highest BCUT2D eigenvalue weighted by Gasteiger charge is 2.05. The van der Waals surface area contributed by atoms with Gasteiger partial charge in [-0.15, -0.1) is 10.2 Å². The van der Waals surface area contributed by atoms with E-state index >= 15 is 0 Å². The van der Waals surface area contributed by atoms with Gasteiger partial charge < -0.3 is 14.3 Å². The fraction of sp³-hybridized carbons (Fsp3) is 0.308. The van der Waals surface area contributed by atoms with Crippen LogP contribution in [-0.2, 0) is 6.42 Å². The van der Waals surface area contributed by atoms with Crippen molar-refractivity contribution in [2.75, 3.05) is 12.4 Å². The van der Waals surface area contributed by atoms with Crippen molar-refractivity contribution in [1.82, 2.24) is 10.2 Å². The zero-order valence-electron chi connectivity index (χ0n) is 10.9. The molecule has 0 aliphatic carbocycles. The van der Waals surface area contributed by atoms with Gasteiger partial charge >= 0.3 is 5.97 Å². The van der Waals surface area contributed by atoms with Crippen LogP contribution in [0, 0.1) is 0 Å². The van der Waals surface area contributed by atoms with Crippen LogP contribution in [0.4, 0.5) is 0 Å². The van der Waals surface area contributed by atoms with E-state index in [0.717, 1.165) is 6.42 Å². The second-order valence-electron chi connectivity index (χ2n) is 3.84. The number of benzene rings is 1. The van der Waals surface area contributed by atoms with Crippen LogP contribution in [0.1, 0.15) is 23.2 Å². The molecular weight excluding hydrogens is 280 g/mol. The van der Waals surface area contributed by atoms with Crippen LogP contribution in [0.3, 0.4) is 0 Å². The normalized spacial score (nSPS) is 10.4. The quantitative estimate of drug-likeness (QED) is 0.620.